The Morgan fingerprint density at radius 1 is 0.868 bits per heavy atom. The summed E-state index contributed by atoms with van der Waals surface area (Å²) in [5, 5.41) is 32.8. The molecule has 1 aliphatic carbocycles. The van der Waals surface area contributed by atoms with Crippen LogP contribution in [0.25, 0.3) is 0 Å². The molecule has 3 fully saturated rings. The Kier molecular flexibility index (Phi) is 22.9. The number of methoxy groups -OCH3 is 3. The van der Waals surface area contributed by atoms with Gasteiger partial charge in [-0.3, -0.25) is 19.2 Å². The molecule has 4 rings (SSSR count). The number of cyclic esters (lactones) is 1. The first-order chi connectivity index (χ1) is 32.3. The molecule has 15 nitrogen and oxygen atoms in total. The lowest BCUT2D eigenvalue weighted by atomic mass is 9.78. The first-order valence-electron chi connectivity index (χ1n) is 25.0. The minimum atomic E-state index is -2.43. The van der Waals surface area contributed by atoms with Crippen molar-refractivity contribution in [1.82, 2.24) is 4.90 Å². The highest BCUT2D eigenvalue weighted by molar-refractivity contribution is 6.39. The summed E-state index contributed by atoms with van der Waals surface area (Å²) >= 11 is 0. The van der Waals surface area contributed by atoms with Crippen LogP contribution in [0.15, 0.2) is 47.6 Å². The van der Waals surface area contributed by atoms with Crippen molar-refractivity contribution in [2.75, 3.05) is 41.1 Å². The Bertz CT molecular complexity index is 1810. The van der Waals surface area contributed by atoms with E-state index in [1.807, 2.05) is 58.1 Å². The maximum atomic E-state index is 14.5. The molecule has 3 aliphatic heterocycles. The van der Waals surface area contributed by atoms with E-state index in [-0.39, 0.29) is 74.1 Å². The Morgan fingerprint density at radius 2 is 1.60 bits per heavy atom. The zero-order valence-corrected chi connectivity index (χ0v) is 42.4. The average Bonchev–Trinajstić information content (AvgIpc) is 3.32. The van der Waals surface area contributed by atoms with Gasteiger partial charge in [0.25, 0.3) is 11.7 Å². The fraction of sp³-hybridized carbons (Fsp3) is 0.755. The summed E-state index contributed by atoms with van der Waals surface area (Å²) in [5.74, 6) is -7.94. The number of nitrogens with zero attached hydrogens (tertiary/aromatic N) is 1. The van der Waals surface area contributed by atoms with Gasteiger partial charge in [-0.1, -0.05) is 71.1 Å². The van der Waals surface area contributed by atoms with Crippen molar-refractivity contribution in [3.8, 4) is 0 Å². The number of aliphatic hydroxyl groups excluding tert-OH is 2. The van der Waals surface area contributed by atoms with Gasteiger partial charge in [0.15, 0.2) is 11.6 Å². The molecule has 15 heteroatoms. The highest BCUT2D eigenvalue weighted by Crippen LogP contribution is 2.38. The molecular weight excluding hydrogens is 875 g/mol. The number of rotatable bonds is 9. The predicted molar refractivity (Wildman–Crippen MR) is 256 cm³/mol. The van der Waals surface area contributed by atoms with Crippen LogP contribution in [0.1, 0.15) is 126 Å². The largest absolute Gasteiger partial charge is 0.460 e. The molecule has 0 radical (unpaired) electrons. The zero-order chi connectivity index (χ0) is 50.3. The molecule has 2 saturated heterocycles. The zero-order valence-electron chi connectivity index (χ0n) is 42.4. The Labute approximate surface area is 405 Å². The van der Waals surface area contributed by atoms with Gasteiger partial charge in [-0.05, 0) is 107 Å². The molecule has 0 aromatic rings. The van der Waals surface area contributed by atoms with Crippen molar-refractivity contribution in [3.63, 3.8) is 0 Å². The third-order valence-corrected chi connectivity index (χ3v) is 14.9. The third-order valence-electron chi connectivity index (χ3n) is 14.9. The maximum absolute atomic E-state index is 14.5. The number of carbonyl (C=O) groups excluding carboxylic acids is 5. The molecule has 3 heterocycles. The van der Waals surface area contributed by atoms with Gasteiger partial charge < -0.3 is 48.6 Å². The number of ether oxygens (including phenoxy) is 6. The third kappa shape index (κ3) is 15.3. The summed E-state index contributed by atoms with van der Waals surface area (Å²) in [5.41, 5.74) is 1.19. The number of Topliss-reactive ketones (excluding diaryl/α,β-unsaturated/α-hetero) is 3. The van der Waals surface area contributed by atoms with Crippen LogP contribution in [-0.4, -0.2) is 145 Å². The van der Waals surface area contributed by atoms with Crippen LogP contribution in [-0.2, 0) is 52.4 Å². The molecule has 1 amide bonds. The lowest BCUT2D eigenvalue weighted by Gasteiger charge is -2.42. The van der Waals surface area contributed by atoms with E-state index in [0.717, 1.165) is 12.0 Å². The molecule has 384 valence electrons. The normalized spacial score (nSPS) is 36.7. The van der Waals surface area contributed by atoms with Gasteiger partial charge in [0.2, 0.25) is 5.79 Å². The number of esters is 1. The molecule has 1 unspecified atom stereocenters. The fourth-order valence-electron chi connectivity index (χ4n) is 10.5. The van der Waals surface area contributed by atoms with Crippen LogP contribution >= 0.6 is 0 Å². The number of ketones is 3. The van der Waals surface area contributed by atoms with E-state index in [1.54, 1.807) is 41.1 Å². The minimum Gasteiger partial charge on any atom is -0.460 e. The van der Waals surface area contributed by atoms with Crippen LogP contribution in [0, 0.1) is 35.5 Å². The van der Waals surface area contributed by atoms with Crippen molar-refractivity contribution in [3.05, 3.63) is 47.6 Å². The quantitative estimate of drug-likeness (QED) is 0.174. The lowest BCUT2D eigenvalue weighted by Crippen LogP contribution is -2.61. The van der Waals surface area contributed by atoms with E-state index >= 15 is 0 Å². The van der Waals surface area contributed by atoms with E-state index in [9.17, 15) is 39.3 Å². The second-order valence-electron chi connectivity index (χ2n) is 20.2. The predicted octanol–water partition coefficient (Wildman–Crippen LogP) is 6.20. The van der Waals surface area contributed by atoms with E-state index in [2.05, 4.69) is 0 Å². The number of aliphatic hydroxyl groups is 3. The number of amides is 1. The fourth-order valence-corrected chi connectivity index (χ4v) is 10.5. The Hall–Kier alpha value is -3.41. The van der Waals surface area contributed by atoms with Crippen molar-refractivity contribution in [2.24, 2.45) is 35.5 Å². The van der Waals surface area contributed by atoms with Crippen LogP contribution in [0.3, 0.4) is 0 Å². The summed E-state index contributed by atoms with van der Waals surface area (Å²) in [6.07, 6.45) is 12.0. The van der Waals surface area contributed by atoms with E-state index < -0.39 is 77.8 Å². The van der Waals surface area contributed by atoms with Gasteiger partial charge in [0, 0.05) is 58.5 Å². The van der Waals surface area contributed by atoms with Crippen LogP contribution < -0.4 is 0 Å². The van der Waals surface area contributed by atoms with Crippen molar-refractivity contribution >= 4 is 29.2 Å². The molecule has 0 aromatic heterocycles. The van der Waals surface area contributed by atoms with Crippen molar-refractivity contribution in [2.45, 2.75) is 180 Å². The molecule has 1 saturated carbocycles. The second-order valence-corrected chi connectivity index (χ2v) is 20.2. The molecule has 3 N–H and O–H groups in total. The van der Waals surface area contributed by atoms with Gasteiger partial charge in [-0.25, -0.2) is 4.79 Å². The molecule has 0 spiro atoms. The van der Waals surface area contributed by atoms with Gasteiger partial charge in [0.1, 0.15) is 18.2 Å². The molecule has 0 aromatic carbocycles. The highest BCUT2D eigenvalue weighted by atomic mass is 16.6. The summed E-state index contributed by atoms with van der Waals surface area (Å²) < 4.78 is 35.6. The molecule has 4 aliphatic rings. The number of hydrogen-bond acceptors (Lipinski definition) is 14. The molecule has 15 atom stereocenters. The number of fused-ring (bicyclic) bond motifs is 3. The smallest absolute Gasteiger partial charge is 0.329 e. The second kappa shape index (κ2) is 27.3. The Balaban J connectivity index is 1.70. The van der Waals surface area contributed by atoms with Crippen LogP contribution in [0.5, 0.6) is 0 Å². The number of hydrogen-bond donors (Lipinski definition) is 3. The minimum absolute atomic E-state index is 0.0185. The van der Waals surface area contributed by atoms with Crippen LogP contribution in [0.4, 0.5) is 0 Å². The maximum Gasteiger partial charge on any atom is 0.329 e. The molecular formula is C53H83NO14. The first-order valence-corrected chi connectivity index (χ1v) is 25.0. The monoisotopic (exact) mass is 958 g/mol. The van der Waals surface area contributed by atoms with E-state index in [4.69, 9.17) is 28.4 Å². The summed E-state index contributed by atoms with van der Waals surface area (Å²) in [7, 11) is 4.59. The summed E-state index contributed by atoms with van der Waals surface area (Å²) in [4.78, 5) is 72.1. The average molecular weight is 958 g/mol. The number of piperidine rings is 1. The number of allylic oxidation sites excluding steroid dienone is 6. The van der Waals surface area contributed by atoms with Crippen molar-refractivity contribution in [1.29, 1.82) is 0 Å². The molecule has 68 heavy (non-hydrogen) atoms. The Morgan fingerprint density at radius 3 is 2.28 bits per heavy atom. The summed E-state index contributed by atoms with van der Waals surface area (Å²) in [6, 6.07) is -1.15. The SMILES string of the molecule is CO[C@H]1C[C@@H]2CC[C@@H](C)[C@@](O)(O2)C(=O)C(=O)N2CCCC[C@H]2C(=O)O[C@H]([C@H](C)C[C@@H]2CC[C@@H](OCCO)[C@H](OC)C2)CC(=O)C(C)=CC(C)[C@@H](O)[C@@H](OC)C(=O)[C@H](C)C[C@H](C)C=CC=CC=C1C. The van der Waals surface area contributed by atoms with E-state index in [0.29, 0.717) is 63.4 Å². The highest BCUT2D eigenvalue weighted by Gasteiger charge is 2.53. The van der Waals surface area contributed by atoms with Gasteiger partial charge in [0.05, 0.1) is 43.7 Å². The van der Waals surface area contributed by atoms with Crippen molar-refractivity contribution < 1.29 is 67.7 Å². The van der Waals surface area contributed by atoms with Gasteiger partial charge in [-0.15, -0.1) is 0 Å². The molecule has 2 bridgehead atoms. The van der Waals surface area contributed by atoms with Gasteiger partial charge >= 0.3 is 5.97 Å². The van der Waals surface area contributed by atoms with Gasteiger partial charge in [-0.2, -0.15) is 0 Å². The topological polar surface area (TPSA) is 205 Å². The first kappa shape index (κ1) is 57.2. The number of carbonyl (C=O) groups is 5. The standard InChI is InChI=1S/C53H83NO14/c1-32-16-12-11-13-17-33(2)44(63-8)30-40-21-19-38(7)53(62,68-40)50(59)51(60)54-23-15-14-18-41(54)52(61)67-45(35(4)28-39-20-22-43(66-25-24-55)46(29-39)64-9)31-42(56)34(3)27-37(6)48(58)49(65-10)47(57)36(5)26-32/h11-13,16-17,27,32,35-41,43-46,48-49,55,58,62H,14-15,18-26,28-31H2,1-10H3/t32-,35-,36-,37?,38-,39+,40+,41+,43-,44+,45+,46-,48-,49+,53-/m1/s1. The van der Waals surface area contributed by atoms with E-state index in [1.165, 1.54) is 12.0 Å². The van der Waals surface area contributed by atoms with Crippen LogP contribution in [0.2, 0.25) is 0 Å². The summed E-state index contributed by atoms with van der Waals surface area (Å²) in [6.45, 7) is 12.9. The lowest BCUT2D eigenvalue weighted by molar-refractivity contribution is -0.265.